The minimum Gasteiger partial charge on any atom is -0.478 e. The Hall–Kier alpha value is -2.53. The molecule has 7 heteroatoms. The molecule has 0 bridgehead atoms. The van der Waals surface area contributed by atoms with Crippen LogP contribution in [-0.2, 0) is 6.54 Å². The van der Waals surface area contributed by atoms with Gasteiger partial charge in [0.15, 0.2) is 0 Å². The number of carboxylic acid groups (broad SMARTS) is 1. The summed E-state index contributed by atoms with van der Waals surface area (Å²) in [5, 5.41) is 10.9. The summed E-state index contributed by atoms with van der Waals surface area (Å²) in [5.74, 6) is -0.366. The van der Waals surface area contributed by atoms with Crippen LogP contribution in [0.4, 0.5) is 0 Å². The van der Waals surface area contributed by atoms with Gasteiger partial charge in [0.05, 0.1) is 21.6 Å². The molecule has 1 heterocycles. The monoisotopic (exact) mass is 430 g/mol. The van der Waals surface area contributed by atoms with Crippen molar-refractivity contribution >= 4 is 51.8 Å². The Morgan fingerprint density at radius 3 is 2.32 bits per heavy atom. The van der Waals surface area contributed by atoms with E-state index in [-0.39, 0.29) is 5.56 Å². The van der Waals surface area contributed by atoms with E-state index in [0.717, 1.165) is 11.1 Å². The summed E-state index contributed by atoms with van der Waals surface area (Å²) < 4.78 is 2.00. The van der Waals surface area contributed by atoms with Crippen molar-refractivity contribution in [1.82, 2.24) is 9.55 Å². The van der Waals surface area contributed by atoms with Crippen molar-refractivity contribution < 1.29 is 9.90 Å². The standard InChI is InChI=1S/C21H13Cl3N2O2/c22-14-4-1-12(2-5-14)11-26-19-8-3-13(21(27)28)9-18(19)25-20(26)16-7-6-15(23)10-17(16)24/h1-10H,11H2,(H,27,28). The second kappa shape index (κ2) is 7.47. The average Bonchev–Trinajstić information content (AvgIpc) is 3.01. The van der Waals surface area contributed by atoms with Gasteiger partial charge >= 0.3 is 5.97 Å². The van der Waals surface area contributed by atoms with Gasteiger partial charge in [0, 0.05) is 22.2 Å². The third-order valence-corrected chi connectivity index (χ3v) is 5.22. The minimum atomic E-state index is -1.000. The van der Waals surface area contributed by atoms with Gasteiger partial charge in [-0.05, 0) is 54.1 Å². The van der Waals surface area contributed by atoms with Crippen LogP contribution >= 0.6 is 34.8 Å². The predicted octanol–water partition coefficient (Wildman–Crippen LogP) is 6.41. The van der Waals surface area contributed by atoms with Crippen LogP contribution in [0.2, 0.25) is 15.1 Å². The highest BCUT2D eigenvalue weighted by molar-refractivity contribution is 6.36. The predicted molar refractivity (Wildman–Crippen MR) is 113 cm³/mol. The molecule has 0 saturated heterocycles. The first-order chi connectivity index (χ1) is 13.4. The fraction of sp³-hybridized carbons (Fsp3) is 0.0476. The van der Waals surface area contributed by atoms with Crippen LogP contribution in [0, 0.1) is 0 Å². The molecule has 1 aromatic heterocycles. The first kappa shape index (κ1) is 18.8. The molecule has 4 aromatic rings. The van der Waals surface area contributed by atoms with Crippen molar-refractivity contribution in [2.45, 2.75) is 6.54 Å². The van der Waals surface area contributed by atoms with Crippen molar-refractivity contribution in [3.05, 3.63) is 86.9 Å². The van der Waals surface area contributed by atoms with Crippen LogP contribution in [0.1, 0.15) is 15.9 Å². The molecule has 0 unspecified atom stereocenters. The molecule has 0 aliphatic rings. The van der Waals surface area contributed by atoms with Crippen LogP contribution in [0.3, 0.4) is 0 Å². The zero-order valence-electron chi connectivity index (χ0n) is 14.4. The van der Waals surface area contributed by atoms with Gasteiger partial charge < -0.3 is 9.67 Å². The Bertz CT molecular complexity index is 1200. The minimum absolute atomic E-state index is 0.178. The van der Waals surface area contributed by atoms with Crippen molar-refractivity contribution in [2.24, 2.45) is 0 Å². The van der Waals surface area contributed by atoms with Crippen LogP contribution in [0.5, 0.6) is 0 Å². The van der Waals surface area contributed by atoms with E-state index in [9.17, 15) is 9.90 Å². The summed E-state index contributed by atoms with van der Waals surface area (Å²) in [7, 11) is 0. The molecular formula is C21H13Cl3N2O2. The average molecular weight is 432 g/mol. The Morgan fingerprint density at radius 2 is 1.64 bits per heavy atom. The number of carbonyl (C=O) groups is 1. The quantitative estimate of drug-likeness (QED) is 0.406. The molecule has 0 radical (unpaired) electrons. The number of aromatic nitrogens is 2. The highest BCUT2D eigenvalue weighted by Crippen LogP contribution is 2.33. The number of hydrogen-bond acceptors (Lipinski definition) is 2. The van der Waals surface area contributed by atoms with Gasteiger partial charge in [0.2, 0.25) is 0 Å². The summed E-state index contributed by atoms with van der Waals surface area (Å²) in [6, 6.07) is 17.6. The Morgan fingerprint density at radius 1 is 0.929 bits per heavy atom. The van der Waals surface area contributed by atoms with E-state index in [1.54, 1.807) is 30.3 Å². The number of hydrogen-bond donors (Lipinski definition) is 1. The summed E-state index contributed by atoms with van der Waals surface area (Å²) in [4.78, 5) is 16.0. The molecule has 140 valence electrons. The molecule has 3 aromatic carbocycles. The van der Waals surface area contributed by atoms with E-state index in [1.807, 2.05) is 34.9 Å². The fourth-order valence-electron chi connectivity index (χ4n) is 3.07. The number of aromatic carboxylic acids is 1. The Kier molecular flexibility index (Phi) is 5.02. The maximum absolute atomic E-state index is 11.3. The molecule has 0 amide bonds. The Balaban J connectivity index is 1.93. The summed E-state index contributed by atoms with van der Waals surface area (Å²) in [5.41, 5.74) is 3.30. The molecule has 0 aliphatic carbocycles. The van der Waals surface area contributed by atoms with Gasteiger partial charge in [-0.15, -0.1) is 0 Å². The normalized spacial score (nSPS) is 11.1. The van der Waals surface area contributed by atoms with E-state index in [1.165, 1.54) is 0 Å². The van der Waals surface area contributed by atoms with Crippen molar-refractivity contribution in [3.63, 3.8) is 0 Å². The topological polar surface area (TPSA) is 55.1 Å². The zero-order chi connectivity index (χ0) is 19.8. The van der Waals surface area contributed by atoms with Gasteiger partial charge in [-0.3, -0.25) is 0 Å². The highest BCUT2D eigenvalue weighted by atomic mass is 35.5. The van der Waals surface area contributed by atoms with Gasteiger partial charge in [-0.1, -0.05) is 46.9 Å². The molecule has 0 spiro atoms. The summed E-state index contributed by atoms with van der Waals surface area (Å²) in [6.45, 7) is 0.522. The number of halogens is 3. The van der Waals surface area contributed by atoms with Crippen molar-refractivity contribution in [1.29, 1.82) is 0 Å². The largest absolute Gasteiger partial charge is 0.478 e. The third-order valence-electron chi connectivity index (χ3n) is 4.42. The van der Waals surface area contributed by atoms with Crippen LogP contribution in [0.25, 0.3) is 22.4 Å². The molecule has 0 aliphatic heterocycles. The van der Waals surface area contributed by atoms with Gasteiger partial charge in [0.25, 0.3) is 0 Å². The molecule has 1 N–H and O–H groups in total. The molecule has 28 heavy (non-hydrogen) atoms. The molecule has 0 atom stereocenters. The SMILES string of the molecule is O=C(O)c1ccc2c(c1)nc(-c1ccc(Cl)cc1Cl)n2Cc1ccc(Cl)cc1. The highest BCUT2D eigenvalue weighted by Gasteiger charge is 2.17. The van der Waals surface area contributed by atoms with Gasteiger partial charge in [0.1, 0.15) is 5.82 Å². The van der Waals surface area contributed by atoms with E-state index in [0.29, 0.717) is 38.5 Å². The molecule has 4 nitrogen and oxygen atoms in total. The number of carboxylic acids is 1. The van der Waals surface area contributed by atoms with Crippen LogP contribution in [0.15, 0.2) is 60.7 Å². The number of fused-ring (bicyclic) bond motifs is 1. The number of imidazole rings is 1. The van der Waals surface area contributed by atoms with Gasteiger partial charge in [-0.25, -0.2) is 9.78 Å². The smallest absolute Gasteiger partial charge is 0.335 e. The van der Waals surface area contributed by atoms with E-state index in [2.05, 4.69) is 4.98 Å². The number of nitrogens with zero attached hydrogens (tertiary/aromatic N) is 2. The molecule has 0 fully saturated rings. The fourth-order valence-corrected chi connectivity index (χ4v) is 3.69. The Labute approximate surface area is 175 Å². The van der Waals surface area contributed by atoms with Crippen molar-refractivity contribution in [3.8, 4) is 11.4 Å². The van der Waals surface area contributed by atoms with E-state index < -0.39 is 5.97 Å². The second-order valence-corrected chi connectivity index (χ2v) is 7.56. The zero-order valence-corrected chi connectivity index (χ0v) is 16.6. The maximum Gasteiger partial charge on any atom is 0.335 e. The lowest BCUT2D eigenvalue weighted by Gasteiger charge is -2.11. The summed E-state index contributed by atoms with van der Waals surface area (Å²) in [6.07, 6.45) is 0. The van der Waals surface area contributed by atoms with Crippen LogP contribution in [-0.4, -0.2) is 20.6 Å². The molecular weight excluding hydrogens is 419 g/mol. The third kappa shape index (κ3) is 3.59. The lowest BCUT2D eigenvalue weighted by atomic mass is 10.1. The lowest BCUT2D eigenvalue weighted by Crippen LogP contribution is -2.03. The maximum atomic E-state index is 11.3. The molecule has 0 saturated carbocycles. The first-order valence-electron chi connectivity index (χ1n) is 8.36. The second-order valence-electron chi connectivity index (χ2n) is 6.28. The van der Waals surface area contributed by atoms with Crippen LogP contribution < -0.4 is 0 Å². The number of rotatable bonds is 4. The summed E-state index contributed by atoms with van der Waals surface area (Å²) >= 11 is 18.4. The number of benzene rings is 3. The lowest BCUT2D eigenvalue weighted by molar-refractivity contribution is 0.0697. The van der Waals surface area contributed by atoms with Gasteiger partial charge in [-0.2, -0.15) is 0 Å². The first-order valence-corrected chi connectivity index (χ1v) is 9.49. The van der Waals surface area contributed by atoms with Crippen molar-refractivity contribution in [2.75, 3.05) is 0 Å². The van der Waals surface area contributed by atoms with E-state index >= 15 is 0 Å². The van der Waals surface area contributed by atoms with E-state index in [4.69, 9.17) is 34.8 Å². The molecule has 4 rings (SSSR count).